The van der Waals surface area contributed by atoms with Gasteiger partial charge in [-0.05, 0) is 5.70 Å². The van der Waals surface area contributed by atoms with Crippen LogP contribution in [0.15, 0.2) is 42.6 Å². The minimum Gasteiger partial charge on any atom is -0.377 e. The van der Waals surface area contributed by atoms with Gasteiger partial charge in [0.1, 0.15) is 0 Å². The van der Waals surface area contributed by atoms with E-state index < -0.39 is 35.5 Å². The molecular formula is C22H50O13Si4. The maximum atomic E-state index is 5.32. The summed E-state index contributed by atoms with van der Waals surface area (Å²) in [5, 5.41) is 0.975. The Labute approximate surface area is 239 Å². The van der Waals surface area contributed by atoms with Crippen LogP contribution < -0.4 is 5.19 Å². The lowest BCUT2D eigenvalue weighted by Crippen LogP contribution is -2.54. The summed E-state index contributed by atoms with van der Waals surface area (Å²) in [6.45, 7) is 5.36. The van der Waals surface area contributed by atoms with Gasteiger partial charge >= 0.3 is 35.5 Å². The van der Waals surface area contributed by atoms with E-state index in [0.717, 1.165) is 5.19 Å². The molecule has 0 bridgehead atoms. The third kappa shape index (κ3) is 15.2. The molecule has 1 aromatic carbocycles. The van der Waals surface area contributed by atoms with Gasteiger partial charge in [-0.25, -0.2) is 0 Å². The smallest absolute Gasteiger partial charge is 0.377 e. The molecule has 0 saturated heterocycles. The third-order valence-electron chi connectivity index (χ3n) is 5.15. The first-order valence-corrected chi connectivity index (χ1v) is 18.7. The van der Waals surface area contributed by atoms with Crippen LogP contribution in [0.25, 0.3) is 0 Å². The fourth-order valence-electron chi connectivity index (χ4n) is 2.50. The van der Waals surface area contributed by atoms with Gasteiger partial charge in [0.25, 0.3) is 0 Å². The van der Waals surface area contributed by atoms with Crippen LogP contribution in [0.5, 0.6) is 0 Å². The highest BCUT2D eigenvalue weighted by molar-refractivity contribution is 6.75. The van der Waals surface area contributed by atoms with Crippen LogP contribution in [-0.2, 0) is 57.5 Å². The van der Waals surface area contributed by atoms with E-state index in [1.165, 1.54) is 28.4 Å². The lowest BCUT2D eigenvalue weighted by molar-refractivity contribution is 0.0226. The van der Waals surface area contributed by atoms with Crippen molar-refractivity contribution in [2.24, 2.45) is 0 Å². The van der Waals surface area contributed by atoms with Crippen LogP contribution in [0, 0.1) is 0 Å². The van der Waals surface area contributed by atoms with E-state index >= 15 is 0 Å². The van der Waals surface area contributed by atoms with Gasteiger partial charge in [0.2, 0.25) is 0 Å². The van der Waals surface area contributed by atoms with Crippen LogP contribution in [0.4, 0.5) is 0 Å². The summed E-state index contributed by atoms with van der Waals surface area (Å²) in [7, 11) is 10.3. The summed E-state index contributed by atoms with van der Waals surface area (Å²) in [5.74, 6) is 0. The molecule has 0 amide bonds. The Balaban J connectivity index is -0.000000453. The second kappa shape index (κ2) is 24.0. The second-order valence-electron chi connectivity index (χ2n) is 6.75. The lowest BCUT2D eigenvalue weighted by Gasteiger charge is -2.24. The maximum absolute atomic E-state index is 5.32. The molecule has 0 aromatic heterocycles. The highest BCUT2D eigenvalue weighted by Gasteiger charge is 2.41. The zero-order valence-corrected chi connectivity index (χ0v) is 30.0. The highest BCUT2D eigenvalue weighted by atomic mass is 28.4. The molecule has 0 heterocycles. The third-order valence-corrected chi connectivity index (χ3v) is 14.2. The quantitative estimate of drug-likeness (QED) is 0.261. The SMILES string of the molecule is C=C[Si](OC)(OC)OC.CO[Si](C)(OC)OC.CO[Si](OC)(OC)OC.CO[Si](OC)(OC)c1ccccc1. The van der Waals surface area contributed by atoms with Crippen molar-refractivity contribution in [3.8, 4) is 0 Å². The number of hydrogen-bond donors (Lipinski definition) is 0. The van der Waals surface area contributed by atoms with Crippen LogP contribution >= 0.6 is 0 Å². The minimum atomic E-state index is -2.69. The maximum Gasteiger partial charge on any atom is 0.678 e. The summed E-state index contributed by atoms with van der Waals surface area (Å²) in [6.07, 6.45) is 0. The normalized spacial score (nSPS) is 11.7. The predicted molar refractivity (Wildman–Crippen MR) is 156 cm³/mol. The van der Waals surface area contributed by atoms with Crippen molar-refractivity contribution in [3.05, 3.63) is 42.6 Å². The first kappa shape index (κ1) is 42.8. The van der Waals surface area contributed by atoms with E-state index in [0.29, 0.717) is 0 Å². The average Bonchev–Trinajstić information content (AvgIpc) is 3.02. The van der Waals surface area contributed by atoms with Crippen LogP contribution in [0.1, 0.15) is 0 Å². The molecule has 0 saturated carbocycles. The van der Waals surface area contributed by atoms with Gasteiger partial charge in [-0.15, -0.1) is 0 Å². The molecule has 17 heteroatoms. The van der Waals surface area contributed by atoms with Gasteiger partial charge in [-0.2, -0.15) is 0 Å². The van der Waals surface area contributed by atoms with Crippen molar-refractivity contribution in [2.45, 2.75) is 6.55 Å². The number of rotatable bonds is 15. The zero-order valence-electron chi connectivity index (χ0n) is 26.0. The molecule has 232 valence electrons. The molecule has 0 aliphatic heterocycles. The number of benzene rings is 1. The summed E-state index contributed by atoms with van der Waals surface area (Å²) in [6, 6.07) is 9.72. The first-order chi connectivity index (χ1) is 18.5. The standard InChI is InChI=1S/C9H14O3Si.C5H12O3Si.C4H12O4Si.C4H12O3Si/c1-10-13(11-2,12-3)9-7-5-4-6-8-9;2*1-5-9(6-2,7-3)8-4;1-5-8(4,6-2)7-3/h4-8H,1-3H3;5H,1H2,2-4H3;1-4H3;1-4H3. The van der Waals surface area contributed by atoms with Crippen molar-refractivity contribution in [3.63, 3.8) is 0 Å². The summed E-state index contributed by atoms with van der Waals surface area (Å²) >= 11 is 0. The average molecular weight is 635 g/mol. The van der Waals surface area contributed by atoms with Gasteiger partial charge in [0.15, 0.2) is 0 Å². The summed E-state index contributed by atoms with van der Waals surface area (Å²) in [5.41, 5.74) is 1.58. The molecule has 13 nitrogen and oxygen atoms in total. The van der Waals surface area contributed by atoms with Gasteiger partial charge in [-0.3, -0.25) is 0 Å². The zero-order chi connectivity index (χ0) is 31.0. The fourth-order valence-corrected chi connectivity index (χ4v) is 6.80. The highest BCUT2D eigenvalue weighted by Crippen LogP contribution is 2.07. The van der Waals surface area contributed by atoms with Gasteiger partial charge < -0.3 is 57.5 Å². The molecule has 0 N–H and O–H groups in total. The van der Waals surface area contributed by atoms with Crippen molar-refractivity contribution in [1.82, 2.24) is 0 Å². The Kier molecular flexibility index (Phi) is 26.3. The second-order valence-corrected chi connectivity index (χ2v) is 18.1. The Morgan fingerprint density at radius 2 is 0.821 bits per heavy atom. The largest absolute Gasteiger partial charge is 0.678 e. The van der Waals surface area contributed by atoms with Crippen molar-refractivity contribution in [1.29, 1.82) is 0 Å². The van der Waals surface area contributed by atoms with Crippen molar-refractivity contribution < 1.29 is 57.5 Å². The Morgan fingerprint density at radius 3 is 0.949 bits per heavy atom. The van der Waals surface area contributed by atoms with Gasteiger partial charge in [0, 0.05) is 104 Å². The summed E-state index contributed by atoms with van der Waals surface area (Å²) < 4.78 is 65.1. The van der Waals surface area contributed by atoms with E-state index in [1.807, 2.05) is 36.9 Å². The van der Waals surface area contributed by atoms with E-state index in [9.17, 15) is 0 Å². The molecular weight excluding hydrogens is 585 g/mol. The molecule has 1 aromatic rings. The van der Waals surface area contributed by atoms with E-state index in [4.69, 9.17) is 57.5 Å². The predicted octanol–water partition coefficient (Wildman–Crippen LogP) is 1.86. The molecule has 0 unspecified atom stereocenters. The molecule has 0 radical (unpaired) electrons. The van der Waals surface area contributed by atoms with Crippen molar-refractivity contribution in [2.75, 3.05) is 92.4 Å². The van der Waals surface area contributed by atoms with Gasteiger partial charge in [-0.1, -0.05) is 36.9 Å². The first-order valence-electron chi connectivity index (χ1n) is 11.3. The van der Waals surface area contributed by atoms with Crippen molar-refractivity contribution >= 4 is 40.6 Å². The van der Waals surface area contributed by atoms with Crippen LogP contribution in [0.2, 0.25) is 6.55 Å². The van der Waals surface area contributed by atoms with Crippen LogP contribution in [-0.4, -0.2) is 128 Å². The molecule has 1 rings (SSSR count). The van der Waals surface area contributed by atoms with E-state index in [2.05, 4.69) is 6.58 Å². The van der Waals surface area contributed by atoms with E-state index in [-0.39, 0.29) is 0 Å². The minimum absolute atomic E-state index is 0.975. The monoisotopic (exact) mass is 634 g/mol. The summed E-state index contributed by atoms with van der Waals surface area (Å²) in [4.78, 5) is 0. The fraction of sp³-hybridized carbons (Fsp3) is 0.636. The van der Waals surface area contributed by atoms with Gasteiger partial charge in [0.05, 0.1) is 0 Å². The molecule has 0 aliphatic carbocycles. The Bertz CT molecular complexity index is 645. The van der Waals surface area contributed by atoms with Crippen LogP contribution in [0.3, 0.4) is 0 Å². The number of hydrogen-bond acceptors (Lipinski definition) is 13. The Morgan fingerprint density at radius 1 is 0.487 bits per heavy atom. The molecule has 0 aliphatic rings. The lowest BCUT2D eigenvalue weighted by atomic mass is 10.4. The topological polar surface area (TPSA) is 120 Å². The molecule has 0 atom stereocenters. The van der Waals surface area contributed by atoms with E-state index in [1.54, 1.807) is 69.7 Å². The molecule has 0 spiro atoms. The Hall–Kier alpha value is -0.692. The molecule has 39 heavy (non-hydrogen) atoms. The molecule has 0 fully saturated rings.